The quantitative estimate of drug-likeness (QED) is 0.0161. The van der Waals surface area contributed by atoms with E-state index in [1.165, 1.54) is 167 Å². The number of hydrogen-bond donors (Lipinski definition) is 1. The predicted molar refractivity (Wildman–Crippen MR) is 252 cm³/mol. The van der Waals surface area contributed by atoms with E-state index in [9.17, 15) is 19.0 Å². The lowest BCUT2D eigenvalue weighted by molar-refractivity contribution is -0.870. The normalized spacial score (nSPS) is 13.9. The molecule has 0 heterocycles. The zero-order valence-electron chi connectivity index (χ0n) is 39.4. The van der Waals surface area contributed by atoms with Crippen molar-refractivity contribution in [2.75, 3.05) is 47.5 Å². The Balaban J connectivity index is 4.37. The van der Waals surface area contributed by atoms with Gasteiger partial charge in [-0.2, -0.15) is 0 Å². The molecule has 0 bridgehead atoms. The SMILES string of the molecule is CCCCCCCCC\C=C/C=C\C=C\C=CC(=O)O[C@H](COC(=O)CCCCCCCCCCCCCCCCCCCCCCC)COP(=O)(O)OCC[N+](C)(C)C. The molecule has 0 aliphatic rings. The van der Waals surface area contributed by atoms with Crippen molar-refractivity contribution in [1.82, 2.24) is 0 Å². The van der Waals surface area contributed by atoms with Crippen molar-refractivity contribution in [1.29, 1.82) is 0 Å². The van der Waals surface area contributed by atoms with Crippen molar-refractivity contribution >= 4 is 19.8 Å². The van der Waals surface area contributed by atoms with E-state index < -0.39 is 32.5 Å². The van der Waals surface area contributed by atoms with Gasteiger partial charge < -0.3 is 18.9 Å². The maximum Gasteiger partial charge on any atom is 0.472 e. The standard InChI is InChI=1S/C50H92NO8P/c1-6-8-10-12-14-16-18-20-22-23-24-25-26-27-29-30-32-34-36-38-40-42-49(52)56-46-48(47-58-60(54,55)57-45-44-51(3,4)5)59-50(53)43-41-39-37-35-33-31-28-21-19-17-15-13-11-9-7-2/h28,31,33,35,37,39,41,43,48H,6-27,29-30,32,34,36,38,40,42,44-47H2,1-5H3/p+1/b31-28-,35-33-,39-37+,43-41?/t48-/m1/s1. The molecular weight excluding hydrogens is 774 g/mol. The summed E-state index contributed by atoms with van der Waals surface area (Å²) in [5, 5.41) is 0. The number of carbonyl (C=O) groups excluding carboxylic acids is 2. The Morgan fingerprint density at radius 1 is 0.550 bits per heavy atom. The molecule has 0 aromatic heterocycles. The molecule has 60 heavy (non-hydrogen) atoms. The molecule has 0 amide bonds. The smallest absolute Gasteiger partial charge is 0.462 e. The van der Waals surface area contributed by atoms with Gasteiger partial charge in [0, 0.05) is 12.5 Å². The Hall–Kier alpha value is -2.03. The summed E-state index contributed by atoms with van der Waals surface area (Å²) in [6.45, 7) is 4.26. The van der Waals surface area contributed by atoms with E-state index in [4.69, 9.17) is 18.5 Å². The summed E-state index contributed by atoms with van der Waals surface area (Å²) in [4.78, 5) is 35.3. The van der Waals surface area contributed by atoms with Crippen molar-refractivity contribution < 1.29 is 42.1 Å². The molecule has 0 aliphatic carbocycles. The highest BCUT2D eigenvalue weighted by Gasteiger charge is 2.26. The zero-order chi connectivity index (χ0) is 44.3. The van der Waals surface area contributed by atoms with E-state index in [1.807, 2.05) is 39.4 Å². The molecule has 1 unspecified atom stereocenters. The van der Waals surface area contributed by atoms with Gasteiger partial charge in [-0.15, -0.1) is 0 Å². The van der Waals surface area contributed by atoms with Crippen molar-refractivity contribution in [2.45, 2.75) is 213 Å². The maximum atomic E-state index is 12.6. The lowest BCUT2D eigenvalue weighted by Gasteiger charge is -2.24. The van der Waals surface area contributed by atoms with Gasteiger partial charge in [0.25, 0.3) is 0 Å². The number of esters is 2. The molecule has 2 atom stereocenters. The fraction of sp³-hybridized carbons (Fsp3) is 0.800. The van der Waals surface area contributed by atoms with Gasteiger partial charge in [0.2, 0.25) is 0 Å². The number of phosphoric acid groups is 1. The molecule has 350 valence electrons. The summed E-state index contributed by atoms with van der Waals surface area (Å²) in [5.41, 5.74) is 0. The van der Waals surface area contributed by atoms with Gasteiger partial charge >= 0.3 is 19.8 Å². The molecule has 1 N–H and O–H groups in total. The third kappa shape index (κ3) is 45.5. The van der Waals surface area contributed by atoms with Gasteiger partial charge in [-0.3, -0.25) is 13.8 Å². The van der Waals surface area contributed by atoms with Gasteiger partial charge in [0.15, 0.2) is 6.10 Å². The number of quaternary nitrogens is 1. The molecule has 0 aromatic rings. The van der Waals surface area contributed by atoms with Gasteiger partial charge in [-0.1, -0.05) is 223 Å². The highest BCUT2D eigenvalue weighted by atomic mass is 31.2. The summed E-state index contributed by atoms with van der Waals surface area (Å²) in [5.74, 6) is -1.09. The molecule has 0 aliphatic heterocycles. The first kappa shape index (κ1) is 58.0. The topological polar surface area (TPSA) is 108 Å². The molecule has 0 radical (unpaired) electrons. The molecule has 0 saturated carbocycles. The molecule has 0 spiro atoms. The Bertz CT molecular complexity index is 1160. The number of rotatable bonds is 44. The summed E-state index contributed by atoms with van der Waals surface area (Å²) in [7, 11) is 1.40. The van der Waals surface area contributed by atoms with Crippen LogP contribution in [0.5, 0.6) is 0 Å². The minimum atomic E-state index is -4.41. The second kappa shape index (κ2) is 42.3. The number of hydrogen-bond acceptors (Lipinski definition) is 7. The van der Waals surface area contributed by atoms with E-state index in [1.54, 1.807) is 18.2 Å². The van der Waals surface area contributed by atoms with Crippen molar-refractivity contribution in [3.63, 3.8) is 0 Å². The minimum Gasteiger partial charge on any atom is -0.462 e. The zero-order valence-corrected chi connectivity index (χ0v) is 40.3. The Morgan fingerprint density at radius 2 is 0.967 bits per heavy atom. The van der Waals surface area contributed by atoms with E-state index in [0.29, 0.717) is 11.0 Å². The number of carbonyl (C=O) groups is 2. The average molecular weight is 867 g/mol. The van der Waals surface area contributed by atoms with Gasteiger partial charge in [-0.25, -0.2) is 9.36 Å². The van der Waals surface area contributed by atoms with Crippen LogP contribution in [0.25, 0.3) is 0 Å². The van der Waals surface area contributed by atoms with Crippen molar-refractivity contribution in [3.05, 3.63) is 48.6 Å². The van der Waals surface area contributed by atoms with Gasteiger partial charge in [-0.05, 0) is 19.3 Å². The minimum absolute atomic E-state index is 0.00866. The molecule has 10 heteroatoms. The van der Waals surface area contributed by atoms with E-state index in [0.717, 1.165) is 25.7 Å². The monoisotopic (exact) mass is 867 g/mol. The Morgan fingerprint density at radius 3 is 1.43 bits per heavy atom. The van der Waals surface area contributed by atoms with Crippen LogP contribution >= 0.6 is 7.82 Å². The second-order valence-corrected chi connectivity index (χ2v) is 19.1. The van der Waals surface area contributed by atoms with Crippen molar-refractivity contribution in [2.24, 2.45) is 0 Å². The lowest BCUT2D eigenvalue weighted by Crippen LogP contribution is -2.37. The van der Waals surface area contributed by atoms with Crippen LogP contribution in [-0.4, -0.2) is 74.9 Å². The fourth-order valence-electron chi connectivity index (χ4n) is 6.71. The van der Waals surface area contributed by atoms with Crippen LogP contribution in [0.15, 0.2) is 48.6 Å². The highest BCUT2D eigenvalue weighted by Crippen LogP contribution is 2.43. The molecule has 0 fully saturated rings. The van der Waals surface area contributed by atoms with Crippen LogP contribution in [0.2, 0.25) is 0 Å². The van der Waals surface area contributed by atoms with E-state index in [2.05, 4.69) is 19.9 Å². The summed E-state index contributed by atoms with van der Waals surface area (Å²) >= 11 is 0. The summed E-state index contributed by atoms with van der Waals surface area (Å²) in [6.07, 6.45) is 51.0. The van der Waals surface area contributed by atoms with E-state index >= 15 is 0 Å². The summed E-state index contributed by atoms with van der Waals surface area (Å²) < 4.78 is 34.1. The molecule has 0 rings (SSSR count). The van der Waals surface area contributed by atoms with Crippen LogP contribution < -0.4 is 0 Å². The molecule has 9 nitrogen and oxygen atoms in total. The van der Waals surface area contributed by atoms with Crippen LogP contribution in [-0.2, 0) is 32.7 Å². The predicted octanol–water partition coefficient (Wildman–Crippen LogP) is 14.2. The Labute approximate surface area is 369 Å². The average Bonchev–Trinajstić information content (AvgIpc) is 3.20. The number of unbranched alkanes of at least 4 members (excludes halogenated alkanes) is 27. The van der Waals surface area contributed by atoms with Gasteiger partial charge in [0.1, 0.15) is 19.8 Å². The van der Waals surface area contributed by atoms with Crippen molar-refractivity contribution in [3.8, 4) is 0 Å². The highest BCUT2D eigenvalue weighted by molar-refractivity contribution is 7.47. The van der Waals surface area contributed by atoms with Crippen LogP contribution in [0, 0.1) is 0 Å². The third-order valence-corrected chi connectivity index (χ3v) is 11.5. The number of ether oxygens (including phenoxy) is 2. The molecule has 0 saturated heterocycles. The first-order valence-electron chi connectivity index (χ1n) is 24.4. The second-order valence-electron chi connectivity index (χ2n) is 17.6. The fourth-order valence-corrected chi connectivity index (χ4v) is 7.45. The maximum absolute atomic E-state index is 12.6. The number of likely N-dealkylation sites (N-methyl/N-ethyl adjacent to an activating group) is 1. The van der Waals surface area contributed by atoms with Gasteiger partial charge in [0.05, 0.1) is 27.7 Å². The lowest BCUT2D eigenvalue weighted by atomic mass is 10.0. The number of allylic oxidation sites excluding steroid dienone is 7. The molecular formula is C50H93NO8P+. The first-order valence-corrected chi connectivity index (χ1v) is 25.9. The molecule has 0 aromatic carbocycles. The summed E-state index contributed by atoms with van der Waals surface area (Å²) in [6, 6.07) is 0. The Kier molecular flexibility index (Phi) is 40.8. The van der Waals surface area contributed by atoms with Crippen LogP contribution in [0.3, 0.4) is 0 Å². The number of nitrogens with zero attached hydrogens (tertiary/aromatic N) is 1. The van der Waals surface area contributed by atoms with Crippen LogP contribution in [0.1, 0.15) is 206 Å². The van der Waals surface area contributed by atoms with E-state index in [-0.39, 0.29) is 19.6 Å². The third-order valence-electron chi connectivity index (χ3n) is 10.5. The first-order chi connectivity index (χ1) is 29.0. The van der Waals surface area contributed by atoms with Crippen LogP contribution in [0.4, 0.5) is 0 Å². The largest absolute Gasteiger partial charge is 0.472 e. The number of phosphoric ester groups is 1.